The number of carboxylic acid groups (broad SMARTS) is 1. The smallest absolute Gasteiger partial charge is 0.548 e. The molecule has 2 N–H and O–H groups in total. The van der Waals surface area contributed by atoms with Crippen LogP contribution in [0.25, 0.3) is 0 Å². The van der Waals surface area contributed by atoms with E-state index >= 15 is 0 Å². The van der Waals surface area contributed by atoms with Crippen LogP contribution in [0.4, 0.5) is 4.79 Å². The van der Waals surface area contributed by atoms with E-state index in [2.05, 4.69) is 0 Å². The molecule has 0 heterocycles. The second-order valence-electron chi connectivity index (χ2n) is 3.26. The van der Waals surface area contributed by atoms with Gasteiger partial charge in [-0.15, -0.1) is 0 Å². The van der Waals surface area contributed by atoms with Gasteiger partial charge in [0, 0.05) is 0 Å². The van der Waals surface area contributed by atoms with Crippen LogP contribution in [-0.4, -0.2) is 29.8 Å². The topological polar surface area (TPSA) is 98.7 Å². The molecule has 7 heteroatoms. The molecular weight excluding hydrogens is 359 g/mol. The van der Waals surface area contributed by atoms with E-state index in [1.165, 1.54) is 0 Å². The zero-order valence-corrected chi connectivity index (χ0v) is 16.2. The minimum atomic E-state index is -1.57. The summed E-state index contributed by atoms with van der Waals surface area (Å²) in [4.78, 5) is 21.6. The summed E-state index contributed by atoms with van der Waals surface area (Å²) in [6.07, 6.45) is -0.919. The molecule has 1 amide bonds. The maximum atomic E-state index is 11.2. The van der Waals surface area contributed by atoms with Gasteiger partial charge in [0.15, 0.2) is 0 Å². The van der Waals surface area contributed by atoms with E-state index in [0.717, 1.165) is 5.56 Å². The van der Waals surface area contributed by atoms with Crippen molar-refractivity contribution in [2.45, 2.75) is 12.6 Å². The number of benzene rings is 1. The second-order valence-corrected chi connectivity index (χ2v) is 3.26. The van der Waals surface area contributed by atoms with Crippen LogP contribution in [0, 0.1) is 0 Å². The Balaban J connectivity index is 0.00000289. The van der Waals surface area contributed by atoms with Crippen molar-refractivity contribution in [1.29, 1.82) is 0 Å². The molecule has 92 valence electrons. The predicted molar refractivity (Wildman–Crippen MR) is 55.6 cm³/mol. The van der Waals surface area contributed by atoms with Gasteiger partial charge in [0.25, 0.3) is 0 Å². The van der Waals surface area contributed by atoms with Gasteiger partial charge in [-0.3, -0.25) is 0 Å². The van der Waals surface area contributed by atoms with Crippen LogP contribution in [0.15, 0.2) is 30.3 Å². The SMILES string of the molecule is O=C(N[C@@H](CO)C(=O)[O-])OCc1ccccc1.[Cs+]. The maximum Gasteiger partial charge on any atom is 1.00 e. The number of alkyl carbamates (subject to hydrolysis) is 1. The second kappa shape index (κ2) is 9.84. The summed E-state index contributed by atoms with van der Waals surface area (Å²) in [6.45, 7) is -0.722. The molecule has 18 heavy (non-hydrogen) atoms. The number of carboxylic acids is 1. The predicted octanol–water partition coefficient (Wildman–Crippen LogP) is -3.97. The summed E-state index contributed by atoms with van der Waals surface area (Å²) >= 11 is 0. The molecule has 0 radical (unpaired) electrons. The van der Waals surface area contributed by atoms with Crippen LogP contribution in [0.5, 0.6) is 0 Å². The van der Waals surface area contributed by atoms with Crippen molar-refractivity contribution in [3.05, 3.63) is 35.9 Å². The summed E-state index contributed by atoms with van der Waals surface area (Å²) in [6, 6.07) is 7.45. The van der Waals surface area contributed by atoms with Crippen LogP contribution in [0.3, 0.4) is 0 Å². The van der Waals surface area contributed by atoms with Crippen molar-refractivity contribution in [2.24, 2.45) is 0 Å². The van der Waals surface area contributed by atoms with Crippen molar-refractivity contribution in [3.8, 4) is 0 Å². The first-order valence-electron chi connectivity index (χ1n) is 4.92. The Morgan fingerprint density at radius 2 is 1.94 bits per heavy atom. The molecule has 0 bridgehead atoms. The van der Waals surface area contributed by atoms with Crippen molar-refractivity contribution >= 4 is 12.1 Å². The number of nitrogens with one attached hydrogen (secondary N) is 1. The molecule has 0 saturated heterocycles. The van der Waals surface area contributed by atoms with Gasteiger partial charge in [-0.25, -0.2) is 4.79 Å². The van der Waals surface area contributed by atoms with Gasteiger partial charge in [-0.05, 0) is 5.56 Å². The number of amides is 1. The van der Waals surface area contributed by atoms with Crippen LogP contribution < -0.4 is 79.3 Å². The quantitative estimate of drug-likeness (QED) is 0.550. The van der Waals surface area contributed by atoms with Crippen molar-refractivity contribution in [3.63, 3.8) is 0 Å². The van der Waals surface area contributed by atoms with Crippen molar-refractivity contribution in [2.75, 3.05) is 6.61 Å². The molecule has 0 fully saturated rings. The fourth-order valence-corrected chi connectivity index (χ4v) is 1.09. The molecule has 0 saturated carbocycles. The first kappa shape index (κ1) is 18.0. The molecule has 0 spiro atoms. The number of aliphatic hydroxyl groups excluding tert-OH is 1. The zero-order chi connectivity index (χ0) is 12.7. The molecule has 0 aliphatic heterocycles. The van der Waals surface area contributed by atoms with Gasteiger partial charge in [0.1, 0.15) is 6.61 Å². The van der Waals surface area contributed by atoms with E-state index < -0.39 is 24.7 Å². The normalized spacial score (nSPS) is 10.9. The molecule has 1 aromatic rings. The third-order valence-electron chi connectivity index (χ3n) is 1.97. The molecule has 0 unspecified atom stereocenters. The largest absolute Gasteiger partial charge is 1.00 e. The average Bonchev–Trinajstić information content (AvgIpc) is 2.34. The number of aliphatic carboxylic acids is 1. The summed E-state index contributed by atoms with van der Waals surface area (Å²) in [5, 5.41) is 21.0. The minimum absolute atomic E-state index is 0. The van der Waals surface area contributed by atoms with Gasteiger partial charge >= 0.3 is 75.0 Å². The molecule has 0 aromatic heterocycles. The number of carbonyl (C=O) groups is 2. The number of ether oxygens (including phenoxy) is 1. The van der Waals surface area contributed by atoms with Crippen LogP contribution >= 0.6 is 0 Å². The van der Waals surface area contributed by atoms with Gasteiger partial charge < -0.3 is 25.1 Å². The molecule has 0 aliphatic rings. The summed E-state index contributed by atoms with van der Waals surface area (Å²) in [7, 11) is 0. The van der Waals surface area contributed by atoms with E-state index in [4.69, 9.17) is 9.84 Å². The Morgan fingerprint density at radius 3 is 2.44 bits per heavy atom. The fraction of sp³-hybridized carbons (Fsp3) is 0.273. The molecule has 0 aliphatic carbocycles. The first-order chi connectivity index (χ1) is 8.13. The Bertz CT molecular complexity index is 384. The number of carbonyl (C=O) groups excluding carboxylic acids is 2. The van der Waals surface area contributed by atoms with E-state index in [0.29, 0.717) is 0 Å². The summed E-state index contributed by atoms with van der Waals surface area (Å²) in [5.74, 6) is -1.57. The van der Waals surface area contributed by atoms with Gasteiger partial charge in [-0.2, -0.15) is 0 Å². The van der Waals surface area contributed by atoms with Crippen LogP contribution in [-0.2, 0) is 16.1 Å². The zero-order valence-electron chi connectivity index (χ0n) is 9.96. The standard InChI is InChI=1S/C11H13NO5.Cs/c13-6-9(10(14)15)12-11(16)17-7-8-4-2-1-3-5-8;/h1-5,9,13H,6-7H2,(H,12,16)(H,14,15);/q;+1/p-1/t9-;/m0./s1. The van der Waals surface area contributed by atoms with Gasteiger partial charge in [0.2, 0.25) is 0 Å². The van der Waals surface area contributed by atoms with Gasteiger partial charge in [0.05, 0.1) is 18.6 Å². The Kier molecular flexibility index (Phi) is 9.83. The van der Waals surface area contributed by atoms with E-state index in [-0.39, 0.29) is 75.5 Å². The van der Waals surface area contributed by atoms with Crippen molar-refractivity contribution in [1.82, 2.24) is 5.32 Å². The number of hydrogen-bond donors (Lipinski definition) is 2. The molecule has 6 nitrogen and oxygen atoms in total. The molecule has 1 atom stereocenters. The van der Waals surface area contributed by atoms with E-state index in [1.807, 2.05) is 11.4 Å². The third-order valence-corrected chi connectivity index (χ3v) is 1.97. The average molecular weight is 371 g/mol. The van der Waals surface area contributed by atoms with Crippen molar-refractivity contribution < 1.29 is 93.4 Å². The van der Waals surface area contributed by atoms with E-state index in [1.54, 1.807) is 24.3 Å². The third kappa shape index (κ3) is 6.78. The van der Waals surface area contributed by atoms with Crippen LogP contribution in [0.1, 0.15) is 5.56 Å². The number of aliphatic hydroxyl groups is 1. The number of rotatable bonds is 5. The first-order valence-corrected chi connectivity index (χ1v) is 4.92. The van der Waals surface area contributed by atoms with Crippen LogP contribution in [0.2, 0.25) is 0 Å². The summed E-state index contributed by atoms with van der Waals surface area (Å²) in [5.41, 5.74) is 0.775. The Labute approximate surface area is 163 Å². The van der Waals surface area contributed by atoms with Gasteiger partial charge in [-0.1, -0.05) is 30.3 Å². The molecular formula is C11H12CsNO5. The summed E-state index contributed by atoms with van der Waals surface area (Å²) < 4.78 is 4.76. The fourth-order valence-electron chi connectivity index (χ4n) is 1.09. The number of hydrogen-bond acceptors (Lipinski definition) is 5. The monoisotopic (exact) mass is 371 g/mol. The molecule has 1 aromatic carbocycles. The maximum absolute atomic E-state index is 11.2. The Hall–Kier alpha value is -0.0281. The Morgan fingerprint density at radius 1 is 1.33 bits per heavy atom. The minimum Gasteiger partial charge on any atom is -0.548 e. The molecule has 1 rings (SSSR count). The van der Waals surface area contributed by atoms with E-state index in [9.17, 15) is 14.7 Å².